The largest absolute Gasteiger partial charge is 0.465 e. The van der Waals surface area contributed by atoms with Crippen LogP contribution in [-0.2, 0) is 9.53 Å². The number of rotatable bonds is 4. The molecule has 112 valence electrons. The predicted octanol–water partition coefficient (Wildman–Crippen LogP) is 3.30. The summed E-state index contributed by atoms with van der Waals surface area (Å²) in [6, 6.07) is 5.19. The maximum absolute atomic E-state index is 13.0. The molecule has 20 heavy (non-hydrogen) atoms. The van der Waals surface area contributed by atoms with Crippen LogP contribution in [0.15, 0.2) is 24.3 Å². The molecule has 0 saturated carbocycles. The Morgan fingerprint density at radius 3 is 2.25 bits per heavy atom. The van der Waals surface area contributed by atoms with Gasteiger partial charge in [-0.05, 0) is 31.5 Å². The molecule has 0 bridgehead atoms. The third-order valence-corrected chi connectivity index (χ3v) is 3.11. The molecule has 0 aromatic heterocycles. The number of alkyl halides is 3. The maximum Gasteiger partial charge on any atom is 0.418 e. The molecule has 0 aliphatic heterocycles. The van der Waals surface area contributed by atoms with E-state index in [1.165, 1.54) is 31.2 Å². The summed E-state index contributed by atoms with van der Waals surface area (Å²) in [5.74, 6) is -3.02. The number of benzene rings is 1. The second-order valence-corrected chi connectivity index (χ2v) is 4.82. The Bertz CT molecular complexity index is 469. The zero-order valence-corrected chi connectivity index (χ0v) is 11.6. The second kappa shape index (κ2) is 6.01. The molecule has 0 spiro atoms. The molecule has 0 amide bonds. The van der Waals surface area contributed by atoms with E-state index in [2.05, 4.69) is 4.74 Å². The summed E-state index contributed by atoms with van der Waals surface area (Å²) in [7, 11) is 0. The first-order chi connectivity index (χ1) is 9.11. The average molecular weight is 311 g/mol. The number of carbonyl (C=O) groups excluding carboxylic acids is 1. The van der Waals surface area contributed by atoms with Crippen LogP contribution in [0.1, 0.15) is 25.3 Å². The van der Waals surface area contributed by atoms with Gasteiger partial charge in [0.15, 0.2) is 5.60 Å². The van der Waals surface area contributed by atoms with Crippen LogP contribution in [0, 0.1) is 0 Å². The van der Waals surface area contributed by atoms with Gasteiger partial charge in [-0.25, -0.2) is 0 Å². The summed E-state index contributed by atoms with van der Waals surface area (Å²) < 4.78 is 43.5. The van der Waals surface area contributed by atoms with Gasteiger partial charge < -0.3 is 9.84 Å². The molecule has 2 unspecified atom stereocenters. The first kappa shape index (κ1) is 16.8. The number of hydrogen-bond donors (Lipinski definition) is 1. The van der Waals surface area contributed by atoms with Gasteiger partial charge in [0.05, 0.1) is 6.61 Å². The Morgan fingerprint density at radius 1 is 1.35 bits per heavy atom. The van der Waals surface area contributed by atoms with E-state index in [1.807, 2.05) is 0 Å². The van der Waals surface area contributed by atoms with Crippen molar-refractivity contribution in [3.63, 3.8) is 0 Å². The van der Waals surface area contributed by atoms with E-state index >= 15 is 0 Å². The van der Waals surface area contributed by atoms with Crippen LogP contribution in [0.5, 0.6) is 0 Å². The monoisotopic (exact) mass is 310 g/mol. The first-order valence-corrected chi connectivity index (χ1v) is 6.20. The van der Waals surface area contributed by atoms with Crippen LogP contribution < -0.4 is 0 Å². The third-order valence-electron chi connectivity index (χ3n) is 2.86. The van der Waals surface area contributed by atoms with Gasteiger partial charge in [-0.2, -0.15) is 13.2 Å². The minimum absolute atomic E-state index is 0.0184. The summed E-state index contributed by atoms with van der Waals surface area (Å²) in [5, 5.41) is 10.1. The minimum atomic E-state index is -4.98. The molecule has 1 rings (SSSR count). The molecular weight excluding hydrogens is 297 g/mol. The highest BCUT2D eigenvalue weighted by molar-refractivity contribution is 6.30. The fourth-order valence-corrected chi connectivity index (χ4v) is 1.86. The average Bonchev–Trinajstić information content (AvgIpc) is 2.30. The van der Waals surface area contributed by atoms with Crippen LogP contribution in [0.25, 0.3) is 0 Å². The highest BCUT2D eigenvalue weighted by atomic mass is 35.5. The summed E-state index contributed by atoms with van der Waals surface area (Å²) in [6.45, 7) is 1.93. The normalized spacial score (nSPS) is 16.4. The van der Waals surface area contributed by atoms with Crippen LogP contribution in [-0.4, -0.2) is 29.5 Å². The lowest BCUT2D eigenvalue weighted by Crippen LogP contribution is -2.50. The second-order valence-electron chi connectivity index (χ2n) is 4.38. The zero-order chi connectivity index (χ0) is 15.6. The number of hydrogen-bond acceptors (Lipinski definition) is 3. The van der Waals surface area contributed by atoms with Gasteiger partial charge in [-0.3, -0.25) is 4.79 Å². The molecule has 0 radical (unpaired) electrons. The van der Waals surface area contributed by atoms with Crippen LogP contribution in [0.2, 0.25) is 5.02 Å². The van der Waals surface area contributed by atoms with Crippen molar-refractivity contribution in [1.29, 1.82) is 0 Å². The lowest BCUT2D eigenvalue weighted by Gasteiger charge is -2.33. The van der Waals surface area contributed by atoms with Crippen molar-refractivity contribution in [3.05, 3.63) is 34.9 Å². The molecule has 7 heteroatoms. The van der Waals surface area contributed by atoms with E-state index < -0.39 is 23.7 Å². The quantitative estimate of drug-likeness (QED) is 0.868. The molecule has 0 heterocycles. The fraction of sp³-hybridized carbons (Fsp3) is 0.462. The third kappa shape index (κ3) is 3.43. The van der Waals surface area contributed by atoms with Gasteiger partial charge in [0.1, 0.15) is 5.92 Å². The lowest BCUT2D eigenvalue weighted by molar-refractivity contribution is -0.262. The van der Waals surface area contributed by atoms with E-state index in [1.54, 1.807) is 0 Å². The van der Waals surface area contributed by atoms with Crippen molar-refractivity contribution in [2.24, 2.45) is 0 Å². The van der Waals surface area contributed by atoms with Crippen molar-refractivity contribution in [1.82, 2.24) is 0 Å². The van der Waals surface area contributed by atoms with Crippen molar-refractivity contribution in [3.8, 4) is 0 Å². The molecule has 1 aromatic carbocycles. The molecule has 0 aliphatic carbocycles. The van der Waals surface area contributed by atoms with Crippen LogP contribution in [0.4, 0.5) is 13.2 Å². The lowest BCUT2D eigenvalue weighted by atomic mass is 9.82. The summed E-state index contributed by atoms with van der Waals surface area (Å²) in [4.78, 5) is 11.8. The van der Waals surface area contributed by atoms with Crippen molar-refractivity contribution < 1.29 is 27.8 Å². The maximum atomic E-state index is 13.0. The molecule has 0 aliphatic rings. The van der Waals surface area contributed by atoms with Crippen LogP contribution in [0.3, 0.4) is 0 Å². The number of ether oxygens (including phenoxy) is 1. The van der Waals surface area contributed by atoms with Gasteiger partial charge in [0, 0.05) is 5.02 Å². The van der Waals surface area contributed by atoms with Crippen LogP contribution >= 0.6 is 11.6 Å². The molecule has 0 saturated heterocycles. The van der Waals surface area contributed by atoms with Gasteiger partial charge in [0.2, 0.25) is 0 Å². The van der Waals surface area contributed by atoms with Gasteiger partial charge in [-0.1, -0.05) is 23.7 Å². The Hall–Kier alpha value is -1.27. The molecule has 0 fully saturated rings. The molecule has 1 aromatic rings. The Morgan fingerprint density at radius 2 is 1.85 bits per heavy atom. The minimum Gasteiger partial charge on any atom is -0.465 e. The molecular formula is C13H14ClF3O3. The number of carbonyl (C=O) groups is 1. The van der Waals surface area contributed by atoms with Crippen molar-refractivity contribution in [2.45, 2.75) is 31.5 Å². The highest BCUT2D eigenvalue weighted by Crippen LogP contribution is 2.42. The van der Waals surface area contributed by atoms with Gasteiger partial charge in [-0.15, -0.1) is 0 Å². The fourth-order valence-electron chi connectivity index (χ4n) is 1.73. The summed E-state index contributed by atoms with van der Waals surface area (Å²) in [5.41, 5.74) is -3.26. The summed E-state index contributed by atoms with van der Waals surface area (Å²) in [6.07, 6.45) is -4.98. The smallest absolute Gasteiger partial charge is 0.418 e. The van der Waals surface area contributed by atoms with Crippen molar-refractivity contribution >= 4 is 17.6 Å². The molecule has 1 N–H and O–H groups in total. The number of esters is 1. The zero-order valence-electron chi connectivity index (χ0n) is 10.9. The molecule has 2 atom stereocenters. The number of halogens is 4. The Balaban J connectivity index is 3.29. The van der Waals surface area contributed by atoms with Gasteiger partial charge in [0.25, 0.3) is 0 Å². The van der Waals surface area contributed by atoms with E-state index in [0.29, 0.717) is 11.9 Å². The van der Waals surface area contributed by atoms with E-state index in [-0.39, 0.29) is 12.2 Å². The first-order valence-electron chi connectivity index (χ1n) is 5.82. The van der Waals surface area contributed by atoms with Gasteiger partial charge >= 0.3 is 12.1 Å². The Labute approximate surface area is 119 Å². The predicted molar refractivity (Wildman–Crippen MR) is 67.5 cm³/mol. The number of aliphatic hydroxyl groups is 1. The highest BCUT2D eigenvalue weighted by Gasteiger charge is 2.58. The van der Waals surface area contributed by atoms with E-state index in [4.69, 9.17) is 11.6 Å². The SMILES string of the molecule is CCOC(=O)C(c1ccc(Cl)cc1)C(C)(O)C(F)(F)F. The van der Waals surface area contributed by atoms with Crippen molar-refractivity contribution in [2.75, 3.05) is 6.61 Å². The van der Waals surface area contributed by atoms with E-state index in [0.717, 1.165) is 0 Å². The molecule has 3 nitrogen and oxygen atoms in total. The summed E-state index contributed by atoms with van der Waals surface area (Å²) >= 11 is 5.66. The topological polar surface area (TPSA) is 46.5 Å². The Kier molecular flexibility index (Phi) is 5.05. The van der Waals surface area contributed by atoms with E-state index in [9.17, 15) is 23.1 Å². The standard InChI is InChI=1S/C13H14ClF3O3/c1-3-20-11(18)10(12(2,19)13(15,16)17)8-4-6-9(14)7-5-8/h4-7,10,19H,3H2,1-2H3.